The van der Waals surface area contributed by atoms with Gasteiger partial charge >= 0.3 is 5.97 Å². The molecule has 1 amide bonds. The SMILES string of the molecule is COC(=O)c1ccc(CN2CCN(c3ccc(OC(C)C)c(NC(=O)c4cnccn4)c3)CC2)cc1. The van der Waals surface area contributed by atoms with Gasteiger partial charge in [-0.25, -0.2) is 9.78 Å². The molecule has 9 nitrogen and oxygen atoms in total. The number of aromatic nitrogens is 2. The van der Waals surface area contributed by atoms with Gasteiger partial charge in [-0.15, -0.1) is 0 Å². The van der Waals surface area contributed by atoms with Crippen LogP contribution in [0, 0.1) is 0 Å². The maximum atomic E-state index is 12.7. The number of carbonyl (C=O) groups excluding carboxylic acids is 2. The number of rotatable bonds is 8. The molecule has 1 aliphatic rings. The van der Waals surface area contributed by atoms with Gasteiger partial charge in [0.15, 0.2) is 0 Å². The van der Waals surface area contributed by atoms with Crippen LogP contribution in [0.1, 0.15) is 40.3 Å². The molecular formula is C27H31N5O4. The van der Waals surface area contributed by atoms with Crippen molar-refractivity contribution in [1.82, 2.24) is 14.9 Å². The van der Waals surface area contributed by atoms with Crippen molar-refractivity contribution in [1.29, 1.82) is 0 Å². The smallest absolute Gasteiger partial charge is 0.337 e. The van der Waals surface area contributed by atoms with Crippen molar-refractivity contribution in [3.63, 3.8) is 0 Å². The number of ether oxygens (including phenoxy) is 2. The quantitative estimate of drug-likeness (QED) is 0.479. The van der Waals surface area contributed by atoms with Gasteiger partial charge in [0.25, 0.3) is 5.91 Å². The molecule has 1 N–H and O–H groups in total. The number of esters is 1. The van der Waals surface area contributed by atoms with Crippen LogP contribution in [0.3, 0.4) is 0 Å². The van der Waals surface area contributed by atoms with Gasteiger partial charge in [-0.1, -0.05) is 12.1 Å². The van der Waals surface area contributed by atoms with Crippen molar-refractivity contribution in [2.75, 3.05) is 43.5 Å². The normalized spacial score (nSPS) is 13.9. The zero-order valence-corrected chi connectivity index (χ0v) is 20.8. The molecule has 0 radical (unpaired) electrons. The van der Waals surface area contributed by atoms with Crippen molar-refractivity contribution < 1.29 is 19.1 Å². The Kier molecular flexibility index (Phi) is 8.12. The largest absolute Gasteiger partial charge is 0.489 e. The number of hydrogen-bond acceptors (Lipinski definition) is 8. The molecule has 0 bridgehead atoms. The van der Waals surface area contributed by atoms with Crippen LogP contribution in [0.5, 0.6) is 5.75 Å². The lowest BCUT2D eigenvalue weighted by atomic mass is 10.1. The third kappa shape index (κ3) is 6.37. The molecule has 1 aromatic heterocycles. The number of carbonyl (C=O) groups is 2. The highest BCUT2D eigenvalue weighted by Gasteiger charge is 2.20. The average Bonchev–Trinajstić information content (AvgIpc) is 2.90. The van der Waals surface area contributed by atoms with Crippen molar-refractivity contribution in [2.24, 2.45) is 0 Å². The molecular weight excluding hydrogens is 458 g/mol. The van der Waals surface area contributed by atoms with E-state index in [0.717, 1.165) is 44.0 Å². The van der Waals surface area contributed by atoms with E-state index in [1.54, 1.807) is 12.1 Å². The predicted molar refractivity (Wildman–Crippen MR) is 137 cm³/mol. The summed E-state index contributed by atoms with van der Waals surface area (Å²) in [5.41, 5.74) is 3.57. The van der Waals surface area contributed by atoms with E-state index < -0.39 is 0 Å². The Morgan fingerprint density at radius 2 is 1.78 bits per heavy atom. The van der Waals surface area contributed by atoms with Crippen LogP contribution in [0.25, 0.3) is 0 Å². The van der Waals surface area contributed by atoms with Crippen molar-refractivity contribution >= 4 is 23.3 Å². The second-order valence-electron chi connectivity index (χ2n) is 8.84. The van der Waals surface area contributed by atoms with Crippen LogP contribution in [0.2, 0.25) is 0 Å². The highest BCUT2D eigenvalue weighted by Crippen LogP contribution is 2.31. The van der Waals surface area contributed by atoms with Gasteiger partial charge < -0.3 is 19.7 Å². The van der Waals surface area contributed by atoms with Crippen molar-refractivity contribution in [3.8, 4) is 5.75 Å². The first-order valence-corrected chi connectivity index (χ1v) is 12.0. The van der Waals surface area contributed by atoms with E-state index in [2.05, 4.69) is 25.1 Å². The third-order valence-electron chi connectivity index (χ3n) is 5.89. The number of methoxy groups -OCH3 is 1. The predicted octanol–water partition coefficient (Wildman–Crippen LogP) is 3.62. The Morgan fingerprint density at radius 3 is 2.42 bits per heavy atom. The van der Waals surface area contributed by atoms with E-state index in [9.17, 15) is 9.59 Å². The number of nitrogens with zero attached hydrogens (tertiary/aromatic N) is 4. The average molecular weight is 490 g/mol. The summed E-state index contributed by atoms with van der Waals surface area (Å²) in [6.45, 7) is 8.20. The number of piperazine rings is 1. The highest BCUT2D eigenvalue weighted by molar-refractivity contribution is 6.03. The number of anilines is 2. The summed E-state index contributed by atoms with van der Waals surface area (Å²) in [7, 11) is 1.38. The van der Waals surface area contributed by atoms with Crippen LogP contribution in [0.4, 0.5) is 11.4 Å². The second-order valence-corrected chi connectivity index (χ2v) is 8.84. The lowest BCUT2D eigenvalue weighted by Crippen LogP contribution is -2.46. The third-order valence-corrected chi connectivity index (χ3v) is 5.89. The Morgan fingerprint density at radius 1 is 1.03 bits per heavy atom. The fourth-order valence-electron chi connectivity index (χ4n) is 4.06. The lowest BCUT2D eigenvalue weighted by molar-refractivity contribution is 0.0600. The molecule has 0 unspecified atom stereocenters. The molecule has 0 saturated carbocycles. The van der Waals surface area contributed by atoms with Crippen LogP contribution in [-0.4, -0.2) is 66.1 Å². The highest BCUT2D eigenvalue weighted by atomic mass is 16.5. The van der Waals surface area contributed by atoms with Gasteiger partial charge in [0.2, 0.25) is 0 Å². The van der Waals surface area contributed by atoms with Crippen LogP contribution in [0.15, 0.2) is 61.1 Å². The molecule has 1 fully saturated rings. The maximum absolute atomic E-state index is 12.7. The molecule has 0 atom stereocenters. The Labute approximate surface area is 211 Å². The Bertz CT molecular complexity index is 1180. The van der Waals surface area contributed by atoms with E-state index in [1.807, 2.05) is 44.2 Å². The van der Waals surface area contributed by atoms with E-state index in [4.69, 9.17) is 9.47 Å². The first kappa shape index (κ1) is 25.1. The molecule has 3 aromatic rings. The molecule has 2 heterocycles. The Balaban J connectivity index is 1.41. The topological polar surface area (TPSA) is 96.9 Å². The van der Waals surface area contributed by atoms with Gasteiger partial charge in [0.05, 0.1) is 30.7 Å². The molecule has 9 heteroatoms. The Hall–Kier alpha value is -3.98. The number of nitrogens with one attached hydrogen (secondary N) is 1. The number of amides is 1. The fraction of sp³-hybridized carbons (Fsp3) is 0.333. The van der Waals surface area contributed by atoms with Gasteiger partial charge in [0.1, 0.15) is 11.4 Å². The number of benzene rings is 2. The summed E-state index contributed by atoms with van der Waals surface area (Å²) in [5.74, 6) is -0.0517. The first-order chi connectivity index (χ1) is 17.4. The minimum atomic E-state index is -0.336. The van der Waals surface area contributed by atoms with Gasteiger partial charge in [-0.3, -0.25) is 14.7 Å². The van der Waals surface area contributed by atoms with Crippen molar-refractivity contribution in [3.05, 3.63) is 77.9 Å². The second kappa shape index (κ2) is 11.6. The van der Waals surface area contributed by atoms with E-state index in [-0.39, 0.29) is 23.7 Å². The molecule has 2 aromatic carbocycles. The van der Waals surface area contributed by atoms with E-state index >= 15 is 0 Å². The van der Waals surface area contributed by atoms with Crippen LogP contribution < -0.4 is 15.0 Å². The fourth-order valence-corrected chi connectivity index (χ4v) is 4.06. The molecule has 4 rings (SSSR count). The summed E-state index contributed by atoms with van der Waals surface area (Å²) in [6.07, 6.45) is 4.42. The van der Waals surface area contributed by atoms with E-state index in [1.165, 1.54) is 25.7 Å². The summed E-state index contributed by atoms with van der Waals surface area (Å²) >= 11 is 0. The van der Waals surface area contributed by atoms with Gasteiger partial charge in [-0.2, -0.15) is 0 Å². The van der Waals surface area contributed by atoms with E-state index in [0.29, 0.717) is 17.0 Å². The first-order valence-electron chi connectivity index (χ1n) is 12.0. The minimum Gasteiger partial charge on any atom is -0.489 e. The summed E-state index contributed by atoms with van der Waals surface area (Å²) in [4.78, 5) is 37.1. The standard InChI is InChI=1S/C27H31N5O4/c1-19(2)36-25-9-8-22(16-23(25)30-26(33)24-17-28-10-11-29-24)32-14-12-31(13-15-32)18-20-4-6-21(7-5-20)27(34)35-3/h4-11,16-17,19H,12-15,18H2,1-3H3,(H,30,33). The van der Waals surface area contributed by atoms with Crippen molar-refractivity contribution in [2.45, 2.75) is 26.5 Å². The monoisotopic (exact) mass is 489 g/mol. The molecule has 0 spiro atoms. The summed E-state index contributed by atoms with van der Waals surface area (Å²) < 4.78 is 10.7. The molecule has 188 valence electrons. The van der Waals surface area contributed by atoms with Gasteiger partial charge in [0, 0.05) is 50.8 Å². The van der Waals surface area contributed by atoms with Crippen LogP contribution >= 0.6 is 0 Å². The zero-order chi connectivity index (χ0) is 25.5. The molecule has 36 heavy (non-hydrogen) atoms. The minimum absolute atomic E-state index is 0.0340. The molecule has 1 saturated heterocycles. The summed E-state index contributed by atoms with van der Waals surface area (Å²) in [5, 5.41) is 2.93. The number of hydrogen-bond donors (Lipinski definition) is 1. The maximum Gasteiger partial charge on any atom is 0.337 e. The lowest BCUT2D eigenvalue weighted by Gasteiger charge is -2.36. The zero-order valence-electron chi connectivity index (χ0n) is 20.8. The molecule has 1 aliphatic heterocycles. The van der Waals surface area contributed by atoms with Gasteiger partial charge in [-0.05, 0) is 49.7 Å². The summed E-state index contributed by atoms with van der Waals surface area (Å²) in [6, 6.07) is 13.4. The molecule has 0 aliphatic carbocycles. The van der Waals surface area contributed by atoms with Crippen LogP contribution in [-0.2, 0) is 11.3 Å².